The van der Waals surface area contributed by atoms with Crippen LogP contribution in [0.3, 0.4) is 0 Å². The smallest absolute Gasteiger partial charge is 0.163 e. The molecule has 2 atom stereocenters. The molecule has 3 nitrogen and oxygen atoms in total. The Balaban J connectivity index is 1.92. The van der Waals surface area contributed by atoms with E-state index in [2.05, 4.69) is 0 Å². The molecule has 0 amide bonds. The van der Waals surface area contributed by atoms with Crippen LogP contribution in [0.25, 0.3) is 0 Å². The van der Waals surface area contributed by atoms with Crippen LogP contribution in [0.5, 0.6) is 0 Å². The number of rotatable bonds is 1. The van der Waals surface area contributed by atoms with Crippen LogP contribution >= 0.6 is 0 Å². The molecule has 2 heterocycles. The minimum absolute atomic E-state index is 0.176. The summed E-state index contributed by atoms with van der Waals surface area (Å²) in [6.07, 6.45) is 0.483. The minimum Gasteiger partial charge on any atom is -0.370 e. The Bertz CT molecular complexity index is 140. The maximum Gasteiger partial charge on any atom is 0.163 e. The normalized spacial score (nSPS) is 43.8. The van der Waals surface area contributed by atoms with Crippen LogP contribution in [0.4, 0.5) is 0 Å². The van der Waals surface area contributed by atoms with E-state index in [0.717, 1.165) is 6.61 Å². The average Bonchev–Trinajstić information content (AvgIpc) is 2.59. The number of hydrogen-bond acceptors (Lipinski definition) is 3. The van der Waals surface area contributed by atoms with Crippen molar-refractivity contribution >= 4 is 0 Å². The van der Waals surface area contributed by atoms with Crippen molar-refractivity contribution in [3.05, 3.63) is 0 Å². The Labute approximate surface area is 60.3 Å². The molecule has 2 rings (SSSR count). The summed E-state index contributed by atoms with van der Waals surface area (Å²) in [5.41, 5.74) is 0. The van der Waals surface area contributed by atoms with E-state index in [1.807, 2.05) is 13.8 Å². The van der Waals surface area contributed by atoms with Gasteiger partial charge in [-0.3, -0.25) is 0 Å². The van der Waals surface area contributed by atoms with Gasteiger partial charge in [0.15, 0.2) is 5.79 Å². The Morgan fingerprint density at radius 1 is 1.20 bits per heavy atom. The van der Waals surface area contributed by atoms with E-state index in [1.54, 1.807) is 0 Å². The highest BCUT2D eigenvalue weighted by Gasteiger charge is 2.43. The molecular formula is C7H12O3. The molecule has 0 saturated carbocycles. The first-order valence-corrected chi connectivity index (χ1v) is 3.61. The third kappa shape index (κ3) is 1.17. The molecule has 2 aliphatic rings. The molecule has 10 heavy (non-hydrogen) atoms. The van der Waals surface area contributed by atoms with Gasteiger partial charge >= 0.3 is 0 Å². The Morgan fingerprint density at radius 3 is 2.30 bits per heavy atom. The van der Waals surface area contributed by atoms with Crippen LogP contribution in [-0.4, -0.2) is 31.2 Å². The SMILES string of the molecule is CC1(C)OCC([C@H]2CO2)O1. The first-order valence-electron chi connectivity index (χ1n) is 3.61. The largest absolute Gasteiger partial charge is 0.370 e. The fourth-order valence-electron chi connectivity index (χ4n) is 1.17. The van der Waals surface area contributed by atoms with Crippen LogP contribution in [0.1, 0.15) is 13.8 Å². The number of hydrogen-bond donors (Lipinski definition) is 0. The summed E-state index contributed by atoms with van der Waals surface area (Å²) in [4.78, 5) is 0. The molecule has 3 heteroatoms. The molecule has 0 spiro atoms. The van der Waals surface area contributed by atoms with Crippen LogP contribution in [-0.2, 0) is 14.2 Å². The van der Waals surface area contributed by atoms with Crippen molar-refractivity contribution in [2.45, 2.75) is 31.8 Å². The van der Waals surface area contributed by atoms with Gasteiger partial charge in [0, 0.05) is 0 Å². The fraction of sp³-hybridized carbons (Fsp3) is 1.00. The van der Waals surface area contributed by atoms with Crippen molar-refractivity contribution in [2.24, 2.45) is 0 Å². The first-order chi connectivity index (χ1) is 4.67. The van der Waals surface area contributed by atoms with Gasteiger partial charge < -0.3 is 14.2 Å². The average molecular weight is 144 g/mol. The second kappa shape index (κ2) is 1.94. The summed E-state index contributed by atoms with van der Waals surface area (Å²) in [6.45, 7) is 5.37. The highest BCUT2D eigenvalue weighted by molar-refractivity contribution is 4.84. The molecule has 0 aromatic rings. The standard InChI is InChI=1S/C7H12O3/c1-7(2)9-4-6(10-7)5-3-8-5/h5-6H,3-4H2,1-2H3/t5-,6?/m1/s1. The molecular weight excluding hydrogens is 132 g/mol. The molecule has 0 bridgehead atoms. The van der Waals surface area contributed by atoms with Gasteiger partial charge in [-0.05, 0) is 13.8 Å². The van der Waals surface area contributed by atoms with Crippen molar-refractivity contribution in [1.29, 1.82) is 0 Å². The Hall–Kier alpha value is -0.120. The zero-order valence-electron chi connectivity index (χ0n) is 6.29. The van der Waals surface area contributed by atoms with Crippen molar-refractivity contribution in [1.82, 2.24) is 0 Å². The predicted octanol–water partition coefficient (Wildman–Crippen LogP) is 0.537. The maximum absolute atomic E-state index is 5.53. The quantitative estimate of drug-likeness (QED) is 0.503. The zero-order valence-corrected chi connectivity index (χ0v) is 6.29. The fourth-order valence-corrected chi connectivity index (χ4v) is 1.17. The summed E-state index contributed by atoms with van der Waals surface area (Å²) in [7, 11) is 0. The van der Waals surface area contributed by atoms with E-state index >= 15 is 0 Å². The molecule has 0 aromatic heterocycles. The van der Waals surface area contributed by atoms with Gasteiger partial charge in [-0.2, -0.15) is 0 Å². The first kappa shape index (κ1) is 6.58. The number of epoxide rings is 1. The van der Waals surface area contributed by atoms with Gasteiger partial charge in [0.1, 0.15) is 12.2 Å². The highest BCUT2D eigenvalue weighted by Crippen LogP contribution is 2.29. The molecule has 0 radical (unpaired) electrons. The number of ether oxygens (including phenoxy) is 3. The van der Waals surface area contributed by atoms with Crippen molar-refractivity contribution in [2.75, 3.05) is 13.2 Å². The summed E-state index contributed by atoms with van der Waals surface area (Å²) >= 11 is 0. The molecule has 2 fully saturated rings. The lowest BCUT2D eigenvalue weighted by molar-refractivity contribution is -0.140. The van der Waals surface area contributed by atoms with Crippen LogP contribution in [0.15, 0.2) is 0 Å². The molecule has 0 aromatic carbocycles. The van der Waals surface area contributed by atoms with E-state index in [9.17, 15) is 0 Å². The topological polar surface area (TPSA) is 31.0 Å². The summed E-state index contributed by atoms with van der Waals surface area (Å²) in [6, 6.07) is 0. The van der Waals surface area contributed by atoms with Crippen molar-refractivity contribution in [3.8, 4) is 0 Å². The van der Waals surface area contributed by atoms with Crippen LogP contribution in [0, 0.1) is 0 Å². The van der Waals surface area contributed by atoms with Gasteiger partial charge in [-0.1, -0.05) is 0 Å². The maximum atomic E-state index is 5.53. The highest BCUT2D eigenvalue weighted by atomic mass is 16.8. The molecule has 0 aliphatic carbocycles. The lowest BCUT2D eigenvalue weighted by Gasteiger charge is -2.15. The lowest BCUT2D eigenvalue weighted by Crippen LogP contribution is -2.24. The van der Waals surface area contributed by atoms with E-state index in [0.29, 0.717) is 12.7 Å². The summed E-state index contributed by atoms with van der Waals surface area (Å²) in [5, 5.41) is 0. The zero-order chi connectivity index (χ0) is 7.19. The van der Waals surface area contributed by atoms with Gasteiger partial charge in [0.2, 0.25) is 0 Å². The second-order valence-corrected chi connectivity index (χ2v) is 3.24. The van der Waals surface area contributed by atoms with Gasteiger partial charge in [-0.25, -0.2) is 0 Å². The minimum atomic E-state index is -0.392. The molecule has 2 aliphatic heterocycles. The third-order valence-corrected chi connectivity index (χ3v) is 1.80. The molecule has 0 N–H and O–H groups in total. The van der Waals surface area contributed by atoms with Crippen LogP contribution in [0.2, 0.25) is 0 Å². The molecule has 1 unspecified atom stereocenters. The molecule has 58 valence electrons. The predicted molar refractivity (Wildman–Crippen MR) is 34.6 cm³/mol. The van der Waals surface area contributed by atoms with Gasteiger partial charge in [-0.15, -0.1) is 0 Å². The van der Waals surface area contributed by atoms with E-state index in [4.69, 9.17) is 14.2 Å². The van der Waals surface area contributed by atoms with Crippen LogP contribution < -0.4 is 0 Å². The second-order valence-electron chi connectivity index (χ2n) is 3.24. The van der Waals surface area contributed by atoms with E-state index < -0.39 is 5.79 Å². The van der Waals surface area contributed by atoms with Gasteiger partial charge in [0.25, 0.3) is 0 Å². The monoisotopic (exact) mass is 144 g/mol. The van der Waals surface area contributed by atoms with Crippen molar-refractivity contribution < 1.29 is 14.2 Å². The van der Waals surface area contributed by atoms with Gasteiger partial charge in [0.05, 0.1) is 13.2 Å². The van der Waals surface area contributed by atoms with E-state index in [1.165, 1.54) is 0 Å². The third-order valence-electron chi connectivity index (χ3n) is 1.80. The summed E-state index contributed by atoms with van der Waals surface area (Å²) in [5.74, 6) is -0.392. The van der Waals surface area contributed by atoms with E-state index in [-0.39, 0.29) is 6.10 Å². The molecule has 2 saturated heterocycles. The van der Waals surface area contributed by atoms with Crippen molar-refractivity contribution in [3.63, 3.8) is 0 Å². The Kier molecular flexibility index (Phi) is 1.27. The lowest BCUT2D eigenvalue weighted by atomic mass is 10.3. The Morgan fingerprint density at radius 2 is 1.90 bits per heavy atom. The summed E-state index contributed by atoms with van der Waals surface area (Å²) < 4.78 is 16.0.